The molecule has 3 aromatic rings. The number of amides is 2. The Bertz CT molecular complexity index is 837. The van der Waals surface area contributed by atoms with E-state index in [4.69, 9.17) is 0 Å². The lowest BCUT2D eigenvalue weighted by Crippen LogP contribution is -2.40. The highest BCUT2D eigenvalue weighted by Gasteiger charge is 2.15. The van der Waals surface area contributed by atoms with Gasteiger partial charge in [0.15, 0.2) is 0 Å². The number of para-hydroxylation sites is 1. The molecule has 4 heteroatoms. The Labute approximate surface area is 153 Å². The van der Waals surface area contributed by atoms with Gasteiger partial charge in [0, 0.05) is 12.2 Å². The molecule has 0 heterocycles. The average molecular weight is 348 g/mol. The summed E-state index contributed by atoms with van der Waals surface area (Å²) in [6.07, 6.45) is 0.451. The van der Waals surface area contributed by atoms with Crippen molar-refractivity contribution in [1.29, 1.82) is 0 Å². The van der Waals surface area contributed by atoms with Gasteiger partial charge in [-0.25, -0.2) is 9.18 Å². The Morgan fingerprint density at radius 2 is 1.46 bits per heavy atom. The molecule has 0 fully saturated rings. The third-order valence-corrected chi connectivity index (χ3v) is 4.12. The highest BCUT2D eigenvalue weighted by atomic mass is 19.1. The molecule has 3 nitrogen and oxygen atoms in total. The van der Waals surface area contributed by atoms with E-state index in [1.165, 1.54) is 6.07 Å². The fourth-order valence-corrected chi connectivity index (χ4v) is 2.75. The number of rotatable bonds is 6. The molecule has 0 aromatic heterocycles. The van der Waals surface area contributed by atoms with Crippen LogP contribution in [0.5, 0.6) is 0 Å². The maximum Gasteiger partial charge on any atom is 0.322 e. The third-order valence-electron chi connectivity index (χ3n) is 4.12. The molecule has 26 heavy (non-hydrogen) atoms. The molecule has 0 aliphatic carbocycles. The van der Waals surface area contributed by atoms with E-state index >= 15 is 0 Å². The van der Waals surface area contributed by atoms with Gasteiger partial charge in [-0.15, -0.1) is 0 Å². The van der Waals surface area contributed by atoms with E-state index in [9.17, 15) is 9.18 Å². The molecular weight excluding hydrogens is 327 g/mol. The number of urea groups is 1. The van der Waals surface area contributed by atoms with Crippen LogP contribution in [0.4, 0.5) is 14.9 Å². The maximum atomic E-state index is 13.7. The molecule has 0 unspecified atom stereocenters. The van der Waals surface area contributed by atoms with Crippen LogP contribution in [0, 0.1) is 5.82 Å². The molecular formula is C22H21FN2O. The largest absolute Gasteiger partial charge is 0.337 e. The minimum atomic E-state index is -0.244. The molecule has 2 amide bonds. The van der Waals surface area contributed by atoms with Gasteiger partial charge < -0.3 is 5.32 Å². The first kappa shape index (κ1) is 17.7. The van der Waals surface area contributed by atoms with E-state index in [0.717, 1.165) is 11.3 Å². The molecule has 0 aliphatic heterocycles. The Hall–Kier alpha value is -3.14. The summed E-state index contributed by atoms with van der Waals surface area (Å²) in [6, 6.07) is 25.8. The number of nitrogens with zero attached hydrogens (tertiary/aromatic N) is 1. The van der Waals surface area contributed by atoms with E-state index in [1.807, 2.05) is 60.7 Å². The minimum absolute atomic E-state index is 0.198. The summed E-state index contributed by atoms with van der Waals surface area (Å²) in [4.78, 5) is 14.4. The second kappa shape index (κ2) is 8.81. The topological polar surface area (TPSA) is 32.3 Å². The molecule has 3 rings (SSSR count). The van der Waals surface area contributed by atoms with Gasteiger partial charge in [0.25, 0.3) is 0 Å². The van der Waals surface area contributed by atoms with E-state index < -0.39 is 0 Å². The standard InChI is InChI=1S/C22H21FN2O/c23-21-14-8-7-11-19(21)15-16-24-22(26)25(20-12-5-2-6-13-20)17-18-9-3-1-4-10-18/h1-14H,15-17H2,(H,24,26). The molecule has 0 radical (unpaired) electrons. The normalized spacial score (nSPS) is 10.3. The Morgan fingerprint density at radius 1 is 0.846 bits per heavy atom. The van der Waals surface area contributed by atoms with Crippen LogP contribution in [0.25, 0.3) is 0 Å². The predicted molar refractivity (Wildman–Crippen MR) is 103 cm³/mol. The number of carbonyl (C=O) groups excluding carboxylic acids is 1. The van der Waals surface area contributed by atoms with Crippen molar-refractivity contribution in [2.45, 2.75) is 13.0 Å². The van der Waals surface area contributed by atoms with Crippen molar-refractivity contribution in [3.63, 3.8) is 0 Å². The van der Waals surface area contributed by atoms with Gasteiger partial charge in [-0.3, -0.25) is 4.90 Å². The van der Waals surface area contributed by atoms with Gasteiger partial charge in [0.2, 0.25) is 0 Å². The van der Waals surface area contributed by atoms with Crippen LogP contribution < -0.4 is 10.2 Å². The summed E-state index contributed by atoms with van der Waals surface area (Å²) < 4.78 is 13.7. The summed E-state index contributed by atoms with van der Waals surface area (Å²) in [5.41, 5.74) is 2.46. The number of benzene rings is 3. The highest BCUT2D eigenvalue weighted by Crippen LogP contribution is 2.17. The van der Waals surface area contributed by atoms with Crippen LogP contribution in [0.3, 0.4) is 0 Å². The summed E-state index contributed by atoms with van der Waals surface area (Å²) >= 11 is 0. The summed E-state index contributed by atoms with van der Waals surface area (Å²) in [5.74, 6) is -0.244. The van der Waals surface area contributed by atoms with Crippen molar-refractivity contribution in [2.75, 3.05) is 11.4 Å². The van der Waals surface area contributed by atoms with Crippen molar-refractivity contribution in [2.24, 2.45) is 0 Å². The van der Waals surface area contributed by atoms with Crippen LogP contribution in [0.15, 0.2) is 84.9 Å². The molecule has 132 valence electrons. The molecule has 0 aliphatic rings. The SMILES string of the molecule is O=C(NCCc1ccccc1F)N(Cc1ccccc1)c1ccccc1. The molecule has 0 saturated carbocycles. The van der Waals surface area contributed by atoms with E-state index in [-0.39, 0.29) is 11.8 Å². The molecule has 0 saturated heterocycles. The smallest absolute Gasteiger partial charge is 0.322 e. The van der Waals surface area contributed by atoms with E-state index in [1.54, 1.807) is 23.1 Å². The molecule has 3 aromatic carbocycles. The Morgan fingerprint density at radius 3 is 2.15 bits per heavy atom. The number of anilines is 1. The Balaban J connectivity index is 1.68. The monoisotopic (exact) mass is 348 g/mol. The second-order valence-corrected chi connectivity index (χ2v) is 5.98. The average Bonchev–Trinajstić information content (AvgIpc) is 2.69. The van der Waals surface area contributed by atoms with Gasteiger partial charge >= 0.3 is 6.03 Å². The zero-order valence-electron chi connectivity index (χ0n) is 14.4. The van der Waals surface area contributed by atoms with Crippen LogP contribution >= 0.6 is 0 Å². The van der Waals surface area contributed by atoms with E-state index in [2.05, 4.69) is 5.32 Å². The first-order valence-electron chi connectivity index (χ1n) is 8.62. The fraction of sp³-hybridized carbons (Fsp3) is 0.136. The minimum Gasteiger partial charge on any atom is -0.337 e. The fourth-order valence-electron chi connectivity index (χ4n) is 2.75. The van der Waals surface area contributed by atoms with Crippen molar-refractivity contribution in [1.82, 2.24) is 5.32 Å². The van der Waals surface area contributed by atoms with E-state index in [0.29, 0.717) is 25.1 Å². The predicted octanol–water partition coefficient (Wildman–Crippen LogP) is 4.78. The molecule has 0 atom stereocenters. The van der Waals surface area contributed by atoms with Gasteiger partial charge in [-0.1, -0.05) is 66.7 Å². The van der Waals surface area contributed by atoms with Crippen LogP contribution in [-0.4, -0.2) is 12.6 Å². The van der Waals surface area contributed by atoms with Crippen molar-refractivity contribution in [3.05, 3.63) is 102 Å². The molecule has 0 spiro atoms. The first-order valence-corrected chi connectivity index (χ1v) is 8.62. The van der Waals surface area contributed by atoms with Crippen molar-refractivity contribution >= 4 is 11.7 Å². The van der Waals surface area contributed by atoms with Gasteiger partial charge in [0.05, 0.1) is 6.54 Å². The maximum absolute atomic E-state index is 13.7. The van der Waals surface area contributed by atoms with Crippen molar-refractivity contribution in [3.8, 4) is 0 Å². The summed E-state index contributed by atoms with van der Waals surface area (Å²) in [6.45, 7) is 0.842. The summed E-state index contributed by atoms with van der Waals surface area (Å²) in [5, 5.41) is 2.90. The summed E-state index contributed by atoms with van der Waals surface area (Å²) in [7, 11) is 0. The number of carbonyl (C=O) groups is 1. The Kier molecular flexibility index (Phi) is 5.99. The van der Waals surface area contributed by atoms with Crippen LogP contribution in [-0.2, 0) is 13.0 Å². The number of halogens is 1. The molecule has 0 bridgehead atoms. The van der Waals surface area contributed by atoms with Gasteiger partial charge in [0.1, 0.15) is 5.82 Å². The quantitative estimate of drug-likeness (QED) is 0.683. The lowest BCUT2D eigenvalue weighted by Gasteiger charge is -2.23. The van der Waals surface area contributed by atoms with Crippen molar-refractivity contribution < 1.29 is 9.18 Å². The number of hydrogen-bond acceptors (Lipinski definition) is 1. The number of hydrogen-bond donors (Lipinski definition) is 1. The highest BCUT2D eigenvalue weighted by molar-refractivity contribution is 5.91. The lowest BCUT2D eigenvalue weighted by atomic mass is 10.1. The lowest BCUT2D eigenvalue weighted by molar-refractivity contribution is 0.246. The van der Waals surface area contributed by atoms with Gasteiger partial charge in [-0.2, -0.15) is 0 Å². The zero-order valence-corrected chi connectivity index (χ0v) is 14.4. The number of nitrogens with one attached hydrogen (secondary N) is 1. The van der Waals surface area contributed by atoms with Gasteiger partial charge in [-0.05, 0) is 35.7 Å². The second-order valence-electron chi connectivity index (χ2n) is 5.98. The van der Waals surface area contributed by atoms with Crippen LogP contribution in [0.1, 0.15) is 11.1 Å². The first-order chi connectivity index (χ1) is 12.7. The molecule has 1 N–H and O–H groups in total. The third kappa shape index (κ3) is 4.70. The zero-order chi connectivity index (χ0) is 18.2. The van der Waals surface area contributed by atoms with Crippen LogP contribution in [0.2, 0.25) is 0 Å².